The van der Waals surface area contributed by atoms with Crippen molar-refractivity contribution in [1.29, 1.82) is 0 Å². The Balaban J connectivity index is 1.37. The molecule has 2 aromatic rings. The summed E-state index contributed by atoms with van der Waals surface area (Å²) >= 11 is 0. The van der Waals surface area contributed by atoms with E-state index in [2.05, 4.69) is 5.32 Å². The van der Waals surface area contributed by atoms with Gasteiger partial charge in [0.25, 0.3) is 5.91 Å². The molecule has 0 saturated carbocycles. The van der Waals surface area contributed by atoms with Crippen LogP contribution in [0.25, 0.3) is 11.1 Å². The second-order valence-corrected chi connectivity index (χ2v) is 9.00. The Labute approximate surface area is 197 Å². The van der Waals surface area contributed by atoms with Crippen molar-refractivity contribution in [1.82, 2.24) is 20.0 Å². The third-order valence-corrected chi connectivity index (χ3v) is 6.86. The van der Waals surface area contributed by atoms with E-state index in [1.807, 2.05) is 7.05 Å². The molecular formula is C25H29F3N4O2. The lowest BCUT2D eigenvalue weighted by Gasteiger charge is -2.30. The number of likely N-dealkylation sites (tertiary alicyclic amines) is 1. The molecule has 6 nitrogen and oxygen atoms in total. The fraction of sp³-hybridized carbons (Fsp3) is 0.440. The molecule has 4 rings (SSSR count). The molecule has 2 aliphatic heterocycles. The van der Waals surface area contributed by atoms with Gasteiger partial charge >= 0.3 is 12.2 Å². The van der Waals surface area contributed by atoms with E-state index in [-0.39, 0.29) is 24.0 Å². The van der Waals surface area contributed by atoms with Crippen LogP contribution in [-0.2, 0) is 6.18 Å². The number of hydrogen-bond donors (Lipinski definition) is 1. The monoisotopic (exact) mass is 474 g/mol. The normalized spacial score (nSPS) is 20.4. The molecule has 2 atom stereocenters. The van der Waals surface area contributed by atoms with Crippen molar-refractivity contribution in [3.8, 4) is 11.1 Å². The quantitative estimate of drug-likeness (QED) is 0.731. The number of carbonyl (C=O) groups is 2. The highest BCUT2D eigenvalue weighted by Crippen LogP contribution is 2.31. The lowest BCUT2D eigenvalue weighted by atomic mass is 10.0. The number of likely N-dealkylation sites (N-methyl/N-ethyl adjacent to an activating group) is 2. The lowest BCUT2D eigenvalue weighted by molar-refractivity contribution is -0.137. The minimum atomic E-state index is -4.37. The first-order valence-electron chi connectivity index (χ1n) is 11.4. The third kappa shape index (κ3) is 5.04. The number of nitrogens with one attached hydrogen (secondary N) is 1. The topological polar surface area (TPSA) is 55.9 Å². The minimum absolute atomic E-state index is 0.00190. The molecule has 0 unspecified atom stereocenters. The van der Waals surface area contributed by atoms with Gasteiger partial charge in [0.2, 0.25) is 0 Å². The van der Waals surface area contributed by atoms with Crippen molar-refractivity contribution >= 4 is 11.9 Å². The van der Waals surface area contributed by atoms with Crippen LogP contribution < -0.4 is 5.32 Å². The molecule has 9 heteroatoms. The summed E-state index contributed by atoms with van der Waals surface area (Å²) in [5.41, 5.74) is 1.18. The first-order valence-corrected chi connectivity index (χ1v) is 11.4. The first kappa shape index (κ1) is 24.1. The molecule has 34 heavy (non-hydrogen) atoms. The molecule has 0 aromatic heterocycles. The highest BCUT2D eigenvalue weighted by Gasteiger charge is 2.34. The van der Waals surface area contributed by atoms with Gasteiger partial charge in [0.05, 0.1) is 11.6 Å². The Bertz CT molecular complexity index is 1020. The molecule has 0 spiro atoms. The van der Waals surface area contributed by atoms with Crippen molar-refractivity contribution < 1.29 is 22.8 Å². The number of carbonyl (C=O) groups excluding carboxylic acids is 2. The van der Waals surface area contributed by atoms with Gasteiger partial charge in [0.15, 0.2) is 0 Å². The summed E-state index contributed by atoms with van der Waals surface area (Å²) in [5.74, 6) is -0.147. The van der Waals surface area contributed by atoms with Gasteiger partial charge in [-0.2, -0.15) is 13.2 Å². The van der Waals surface area contributed by atoms with Gasteiger partial charge in [-0.15, -0.1) is 0 Å². The van der Waals surface area contributed by atoms with Crippen molar-refractivity contribution in [2.75, 3.05) is 40.3 Å². The van der Waals surface area contributed by atoms with E-state index in [0.29, 0.717) is 30.6 Å². The summed E-state index contributed by atoms with van der Waals surface area (Å²) in [6.45, 7) is 2.83. The Morgan fingerprint density at radius 3 is 2.09 bits per heavy atom. The minimum Gasteiger partial charge on any atom is -0.337 e. The van der Waals surface area contributed by atoms with Crippen LogP contribution in [0.15, 0.2) is 48.5 Å². The molecule has 2 saturated heterocycles. The van der Waals surface area contributed by atoms with Crippen molar-refractivity contribution in [3.05, 3.63) is 59.7 Å². The molecule has 0 bridgehead atoms. The number of halogens is 3. The molecule has 2 aromatic carbocycles. The van der Waals surface area contributed by atoms with Gasteiger partial charge in [0, 0.05) is 45.3 Å². The van der Waals surface area contributed by atoms with Crippen molar-refractivity contribution in [2.24, 2.45) is 0 Å². The molecule has 2 heterocycles. The predicted molar refractivity (Wildman–Crippen MR) is 123 cm³/mol. The van der Waals surface area contributed by atoms with Crippen LogP contribution in [0.3, 0.4) is 0 Å². The van der Waals surface area contributed by atoms with E-state index in [4.69, 9.17) is 0 Å². The number of nitrogens with zero attached hydrogens (tertiary/aromatic N) is 3. The van der Waals surface area contributed by atoms with Crippen LogP contribution in [0, 0.1) is 0 Å². The standard InChI is InChI=1S/C25H29F3N4O2/c1-30(22-12-14-32(16-22)24(34)31(2)21-11-13-29-15-21)23(33)19-5-3-17(4-6-19)18-7-9-20(10-8-18)25(26,27)28/h3-10,21-22,29H,11-16H2,1-2H3/t21-,22+/m1/s1. The van der Waals surface area contributed by atoms with Gasteiger partial charge in [-0.1, -0.05) is 24.3 Å². The van der Waals surface area contributed by atoms with Crippen LogP contribution in [0.1, 0.15) is 28.8 Å². The fourth-order valence-corrected chi connectivity index (χ4v) is 4.61. The zero-order valence-corrected chi connectivity index (χ0v) is 19.3. The maximum absolute atomic E-state index is 13.0. The summed E-state index contributed by atoms with van der Waals surface area (Å²) in [6, 6.07) is 11.9. The lowest BCUT2D eigenvalue weighted by Crippen LogP contribution is -2.47. The Morgan fingerprint density at radius 2 is 1.53 bits per heavy atom. The summed E-state index contributed by atoms with van der Waals surface area (Å²) in [6.07, 6.45) is -2.71. The van der Waals surface area contributed by atoms with Crippen LogP contribution in [-0.4, -0.2) is 79.0 Å². The molecule has 2 fully saturated rings. The van der Waals surface area contributed by atoms with E-state index >= 15 is 0 Å². The maximum atomic E-state index is 13.0. The molecule has 3 amide bonds. The SMILES string of the molecule is CN(C(=O)c1ccc(-c2ccc(C(F)(F)F)cc2)cc1)[C@H]1CCN(C(=O)N(C)[C@@H]2CCNC2)C1. The van der Waals surface area contributed by atoms with Crippen LogP contribution in [0.2, 0.25) is 0 Å². The summed E-state index contributed by atoms with van der Waals surface area (Å²) in [5, 5.41) is 3.27. The molecule has 182 valence electrons. The Hall–Kier alpha value is -3.07. The second-order valence-electron chi connectivity index (χ2n) is 9.00. The van der Waals surface area contributed by atoms with Gasteiger partial charge in [-0.25, -0.2) is 4.79 Å². The van der Waals surface area contributed by atoms with E-state index in [1.165, 1.54) is 12.1 Å². The zero-order valence-electron chi connectivity index (χ0n) is 19.3. The van der Waals surface area contributed by atoms with E-state index in [9.17, 15) is 22.8 Å². The van der Waals surface area contributed by atoms with Gasteiger partial charge < -0.3 is 20.0 Å². The number of benzene rings is 2. The predicted octanol–water partition coefficient (Wildman–Crippen LogP) is 3.93. The van der Waals surface area contributed by atoms with E-state index in [0.717, 1.165) is 37.2 Å². The van der Waals surface area contributed by atoms with Crippen LogP contribution in [0.4, 0.5) is 18.0 Å². The average molecular weight is 475 g/mol. The van der Waals surface area contributed by atoms with Gasteiger partial charge in [0.1, 0.15) is 0 Å². The average Bonchev–Trinajstić information content (AvgIpc) is 3.55. The second kappa shape index (κ2) is 9.66. The maximum Gasteiger partial charge on any atom is 0.416 e. The van der Waals surface area contributed by atoms with Crippen molar-refractivity contribution in [2.45, 2.75) is 31.1 Å². The molecular weight excluding hydrogens is 445 g/mol. The molecule has 2 aliphatic rings. The highest BCUT2D eigenvalue weighted by molar-refractivity contribution is 5.95. The van der Waals surface area contributed by atoms with Gasteiger partial charge in [-0.3, -0.25) is 4.79 Å². The van der Waals surface area contributed by atoms with E-state index < -0.39 is 11.7 Å². The van der Waals surface area contributed by atoms with E-state index in [1.54, 1.807) is 46.0 Å². The largest absolute Gasteiger partial charge is 0.416 e. The highest BCUT2D eigenvalue weighted by atomic mass is 19.4. The summed E-state index contributed by atoms with van der Waals surface area (Å²) in [7, 11) is 3.58. The number of hydrogen-bond acceptors (Lipinski definition) is 3. The third-order valence-electron chi connectivity index (χ3n) is 6.86. The number of alkyl halides is 3. The smallest absolute Gasteiger partial charge is 0.337 e. The Kier molecular flexibility index (Phi) is 6.84. The number of amides is 3. The van der Waals surface area contributed by atoms with Crippen molar-refractivity contribution in [3.63, 3.8) is 0 Å². The van der Waals surface area contributed by atoms with Crippen LogP contribution in [0.5, 0.6) is 0 Å². The first-order chi connectivity index (χ1) is 16.1. The fourth-order valence-electron chi connectivity index (χ4n) is 4.61. The van der Waals surface area contributed by atoms with Crippen LogP contribution >= 0.6 is 0 Å². The Morgan fingerprint density at radius 1 is 0.912 bits per heavy atom. The zero-order chi connectivity index (χ0) is 24.5. The molecule has 0 aliphatic carbocycles. The summed E-state index contributed by atoms with van der Waals surface area (Å²) in [4.78, 5) is 31.2. The summed E-state index contributed by atoms with van der Waals surface area (Å²) < 4.78 is 38.3. The number of urea groups is 1. The van der Waals surface area contributed by atoms with Gasteiger partial charge in [-0.05, 0) is 54.8 Å². The molecule has 1 N–H and O–H groups in total. The number of rotatable bonds is 4. The molecule has 0 radical (unpaired) electrons.